The van der Waals surface area contributed by atoms with Crippen molar-refractivity contribution in [3.63, 3.8) is 0 Å². The molecule has 0 saturated heterocycles. The van der Waals surface area contributed by atoms with Crippen molar-refractivity contribution in [2.24, 2.45) is 0 Å². The molecule has 1 aromatic carbocycles. The molecule has 18 heavy (non-hydrogen) atoms. The summed E-state index contributed by atoms with van der Waals surface area (Å²) in [6.07, 6.45) is 1.77. The zero-order valence-electron chi connectivity index (χ0n) is 9.53. The summed E-state index contributed by atoms with van der Waals surface area (Å²) in [5, 5.41) is 3.29. The van der Waals surface area contributed by atoms with E-state index in [9.17, 15) is 0 Å². The molecule has 0 spiro atoms. The number of benzene rings is 1. The molecule has 1 N–H and O–H groups in total. The molecule has 0 unspecified atom stereocenters. The maximum absolute atomic E-state index is 5.77. The molecular formula is C12H12Cl2N2OS. The van der Waals surface area contributed by atoms with Crippen LogP contribution in [-0.2, 0) is 6.54 Å². The van der Waals surface area contributed by atoms with Crippen molar-refractivity contribution in [2.75, 3.05) is 17.8 Å². The van der Waals surface area contributed by atoms with Gasteiger partial charge in [-0.15, -0.1) is 22.9 Å². The third kappa shape index (κ3) is 4.05. The fourth-order valence-corrected chi connectivity index (χ4v) is 2.40. The molecule has 2 rings (SSSR count). The van der Waals surface area contributed by atoms with Crippen molar-refractivity contribution < 1.29 is 4.74 Å². The van der Waals surface area contributed by atoms with Crippen LogP contribution in [0.4, 0.5) is 5.69 Å². The maximum atomic E-state index is 5.77. The van der Waals surface area contributed by atoms with Gasteiger partial charge < -0.3 is 10.1 Å². The highest BCUT2D eigenvalue weighted by Gasteiger charge is 2.00. The molecule has 3 nitrogen and oxygen atoms in total. The van der Waals surface area contributed by atoms with Crippen LogP contribution >= 0.6 is 34.5 Å². The van der Waals surface area contributed by atoms with Gasteiger partial charge in [0, 0.05) is 22.8 Å². The molecule has 1 heterocycles. The second kappa shape index (κ2) is 6.83. The Hall–Kier alpha value is -0.970. The molecule has 0 fully saturated rings. The Morgan fingerprint density at radius 1 is 1.39 bits per heavy atom. The lowest BCUT2D eigenvalue weighted by Gasteiger charge is -2.08. The molecule has 0 aliphatic heterocycles. The zero-order chi connectivity index (χ0) is 12.8. The van der Waals surface area contributed by atoms with Crippen LogP contribution < -0.4 is 10.1 Å². The summed E-state index contributed by atoms with van der Waals surface area (Å²) in [6.45, 7) is 1.21. The van der Waals surface area contributed by atoms with E-state index in [1.54, 1.807) is 6.20 Å². The van der Waals surface area contributed by atoms with Crippen LogP contribution in [-0.4, -0.2) is 17.5 Å². The van der Waals surface area contributed by atoms with Gasteiger partial charge in [-0.3, -0.25) is 0 Å². The normalized spacial score (nSPS) is 10.3. The first-order valence-electron chi connectivity index (χ1n) is 5.41. The van der Waals surface area contributed by atoms with Crippen LogP contribution in [0.1, 0.15) is 4.88 Å². The minimum Gasteiger partial charge on any atom is -0.492 e. The highest BCUT2D eigenvalue weighted by Crippen LogP contribution is 2.21. The second-order valence-corrected chi connectivity index (χ2v) is 5.57. The number of hydrogen-bond acceptors (Lipinski definition) is 4. The predicted molar refractivity (Wildman–Crippen MR) is 77.1 cm³/mol. The molecule has 96 valence electrons. The lowest BCUT2D eigenvalue weighted by molar-refractivity contribution is 0.343. The topological polar surface area (TPSA) is 34.1 Å². The van der Waals surface area contributed by atoms with E-state index in [2.05, 4.69) is 10.3 Å². The van der Waals surface area contributed by atoms with Crippen LogP contribution in [0, 0.1) is 0 Å². The number of halogens is 2. The van der Waals surface area contributed by atoms with Crippen LogP contribution in [0.5, 0.6) is 5.75 Å². The first-order chi connectivity index (χ1) is 8.78. The number of hydrogen-bond donors (Lipinski definition) is 1. The van der Waals surface area contributed by atoms with Gasteiger partial charge in [-0.05, 0) is 12.1 Å². The standard InChI is InChI=1S/C12H12Cl2N2OS/c13-4-5-17-10-3-1-2-9(6-10)15-7-11-8-16-12(14)18-11/h1-3,6,8,15H,4-5,7H2. The molecule has 6 heteroatoms. The molecule has 1 aromatic heterocycles. The van der Waals surface area contributed by atoms with Crippen molar-refractivity contribution in [1.82, 2.24) is 4.98 Å². The number of alkyl halides is 1. The predicted octanol–water partition coefficient (Wildman–Crippen LogP) is 4.03. The Morgan fingerprint density at radius 3 is 3.00 bits per heavy atom. The number of rotatable bonds is 6. The van der Waals surface area contributed by atoms with E-state index in [4.69, 9.17) is 27.9 Å². The van der Waals surface area contributed by atoms with Gasteiger partial charge in [-0.25, -0.2) is 4.98 Å². The molecule has 0 aliphatic carbocycles. The average Bonchev–Trinajstić information content (AvgIpc) is 2.80. The van der Waals surface area contributed by atoms with E-state index >= 15 is 0 Å². The number of thiazole rings is 1. The van der Waals surface area contributed by atoms with E-state index in [-0.39, 0.29) is 0 Å². The van der Waals surface area contributed by atoms with Gasteiger partial charge in [0.15, 0.2) is 4.47 Å². The minimum absolute atomic E-state index is 0.483. The van der Waals surface area contributed by atoms with Crippen molar-refractivity contribution in [3.05, 3.63) is 39.8 Å². The quantitative estimate of drug-likeness (QED) is 0.818. The summed E-state index contributed by atoms with van der Waals surface area (Å²) in [5.74, 6) is 1.29. The fourth-order valence-electron chi connectivity index (χ4n) is 1.41. The summed E-state index contributed by atoms with van der Waals surface area (Å²) in [5.41, 5.74) is 0.992. The number of aromatic nitrogens is 1. The molecule has 0 atom stereocenters. The fraction of sp³-hybridized carbons (Fsp3) is 0.250. The van der Waals surface area contributed by atoms with Crippen molar-refractivity contribution in [2.45, 2.75) is 6.54 Å². The molecule has 0 aliphatic rings. The lowest BCUT2D eigenvalue weighted by Crippen LogP contribution is -2.00. The van der Waals surface area contributed by atoms with Crippen LogP contribution in [0.2, 0.25) is 4.47 Å². The Morgan fingerprint density at radius 2 is 2.28 bits per heavy atom. The van der Waals surface area contributed by atoms with Gasteiger partial charge in [0.05, 0.1) is 12.4 Å². The zero-order valence-corrected chi connectivity index (χ0v) is 11.9. The number of nitrogens with zero attached hydrogens (tertiary/aromatic N) is 1. The van der Waals surface area contributed by atoms with Crippen LogP contribution in [0.3, 0.4) is 0 Å². The molecular weight excluding hydrogens is 291 g/mol. The highest BCUT2D eigenvalue weighted by atomic mass is 35.5. The molecule has 0 saturated carbocycles. The molecule has 0 amide bonds. The van der Waals surface area contributed by atoms with E-state index in [0.29, 0.717) is 23.5 Å². The van der Waals surface area contributed by atoms with Crippen LogP contribution in [0.15, 0.2) is 30.5 Å². The average molecular weight is 303 g/mol. The smallest absolute Gasteiger partial charge is 0.183 e. The number of nitrogens with one attached hydrogen (secondary N) is 1. The maximum Gasteiger partial charge on any atom is 0.183 e. The Bertz CT molecular complexity index is 504. The van der Waals surface area contributed by atoms with E-state index in [1.807, 2.05) is 24.3 Å². The Labute approximate surface area is 120 Å². The molecule has 2 aromatic rings. The van der Waals surface area contributed by atoms with Crippen LogP contribution in [0.25, 0.3) is 0 Å². The largest absolute Gasteiger partial charge is 0.492 e. The minimum atomic E-state index is 0.483. The third-order valence-electron chi connectivity index (χ3n) is 2.17. The summed E-state index contributed by atoms with van der Waals surface area (Å²) >= 11 is 12.8. The first-order valence-corrected chi connectivity index (χ1v) is 7.14. The SMILES string of the molecule is ClCCOc1cccc(NCc2cnc(Cl)s2)c1. The van der Waals surface area contributed by atoms with Crippen molar-refractivity contribution in [1.29, 1.82) is 0 Å². The molecule has 0 bridgehead atoms. The summed E-state index contributed by atoms with van der Waals surface area (Å²) < 4.78 is 6.01. The monoisotopic (exact) mass is 302 g/mol. The van der Waals surface area contributed by atoms with Crippen molar-refractivity contribution >= 4 is 40.2 Å². The van der Waals surface area contributed by atoms with Gasteiger partial charge in [-0.2, -0.15) is 0 Å². The van der Waals surface area contributed by atoms with Gasteiger partial charge in [0.2, 0.25) is 0 Å². The Kier molecular flexibility index (Phi) is 5.11. The molecule has 0 radical (unpaired) electrons. The van der Waals surface area contributed by atoms with Gasteiger partial charge >= 0.3 is 0 Å². The van der Waals surface area contributed by atoms with Crippen molar-refractivity contribution in [3.8, 4) is 5.75 Å². The van der Waals surface area contributed by atoms with Gasteiger partial charge in [-0.1, -0.05) is 17.7 Å². The Balaban J connectivity index is 1.92. The lowest BCUT2D eigenvalue weighted by atomic mass is 10.3. The second-order valence-electron chi connectivity index (χ2n) is 3.50. The van der Waals surface area contributed by atoms with Gasteiger partial charge in [0.25, 0.3) is 0 Å². The summed E-state index contributed by atoms with van der Waals surface area (Å²) in [6, 6.07) is 7.76. The third-order valence-corrected chi connectivity index (χ3v) is 3.44. The number of ether oxygens (including phenoxy) is 1. The van der Waals surface area contributed by atoms with E-state index in [0.717, 1.165) is 16.3 Å². The summed E-state index contributed by atoms with van der Waals surface area (Å²) in [7, 11) is 0. The highest BCUT2D eigenvalue weighted by molar-refractivity contribution is 7.15. The van der Waals surface area contributed by atoms with E-state index < -0.39 is 0 Å². The summed E-state index contributed by atoms with van der Waals surface area (Å²) in [4.78, 5) is 5.08. The number of anilines is 1. The van der Waals surface area contributed by atoms with Gasteiger partial charge in [0.1, 0.15) is 12.4 Å². The first kappa shape index (κ1) is 13.5. The van der Waals surface area contributed by atoms with E-state index in [1.165, 1.54) is 11.3 Å².